The minimum atomic E-state index is -3.82. The quantitative estimate of drug-likeness (QED) is 0.483. The van der Waals surface area contributed by atoms with E-state index in [0.29, 0.717) is 23.8 Å². The van der Waals surface area contributed by atoms with Gasteiger partial charge in [-0.3, -0.25) is 14.9 Å². The third kappa shape index (κ3) is 5.01. The number of nitrogens with zero attached hydrogens (tertiary/aromatic N) is 2. The van der Waals surface area contributed by atoms with Crippen molar-refractivity contribution in [3.63, 3.8) is 0 Å². The molecule has 1 saturated heterocycles. The highest BCUT2D eigenvalue weighted by atomic mass is 35.5. The second-order valence-corrected chi connectivity index (χ2v) is 9.24. The molecule has 0 bridgehead atoms. The summed E-state index contributed by atoms with van der Waals surface area (Å²) in [5.74, 6) is -0.833. The van der Waals surface area contributed by atoms with Gasteiger partial charge in [-0.05, 0) is 43.2 Å². The summed E-state index contributed by atoms with van der Waals surface area (Å²) in [6, 6.07) is 7.83. The van der Waals surface area contributed by atoms with Crippen LogP contribution < -0.4 is 10.1 Å². The minimum absolute atomic E-state index is 0.194. The first-order valence-corrected chi connectivity index (χ1v) is 11.0. The average molecular weight is 474 g/mol. The normalized spacial score (nSPS) is 14.5. The third-order valence-corrected chi connectivity index (χ3v) is 6.84. The molecule has 2 aromatic rings. The smallest absolute Gasteiger partial charge is 0.312 e. The summed E-state index contributed by atoms with van der Waals surface area (Å²) in [7, 11) is -3.82. The van der Waals surface area contributed by atoms with E-state index in [1.165, 1.54) is 34.6 Å². The molecule has 1 aliphatic rings. The standard InChI is InChI=1S/C18H17Cl2N3O6S/c19-12-3-5-15(14(20)9-12)21-18(24)11-29-17-6-4-13(10-16(17)23(25)26)30(27,28)22-7-1-2-8-22/h3-6,9-10H,1-2,7-8,11H2,(H,21,24). The van der Waals surface area contributed by atoms with E-state index in [9.17, 15) is 23.3 Å². The maximum atomic E-state index is 12.6. The second-order valence-electron chi connectivity index (χ2n) is 6.46. The van der Waals surface area contributed by atoms with Gasteiger partial charge in [-0.2, -0.15) is 4.31 Å². The van der Waals surface area contributed by atoms with E-state index in [4.69, 9.17) is 27.9 Å². The van der Waals surface area contributed by atoms with Gasteiger partial charge in [-0.15, -0.1) is 0 Å². The van der Waals surface area contributed by atoms with Crippen molar-refractivity contribution in [1.82, 2.24) is 4.31 Å². The highest BCUT2D eigenvalue weighted by Gasteiger charge is 2.30. The van der Waals surface area contributed by atoms with E-state index < -0.39 is 33.1 Å². The van der Waals surface area contributed by atoms with Gasteiger partial charge in [0.15, 0.2) is 12.4 Å². The van der Waals surface area contributed by atoms with Crippen molar-refractivity contribution < 1.29 is 22.9 Å². The molecule has 30 heavy (non-hydrogen) atoms. The van der Waals surface area contributed by atoms with Gasteiger partial charge in [0.25, 0.3) is 5.91 Å². The van der Waals surface area contributed by atoms with Crippen molar-refractivity contribution in [2.75, 3.05) is 25.0 Å². The number of ether oxygens (including phenoxy) is 1. The number of anilines is 1. The lowest BCUT2D eigenvalue weighted by atomic mass is 10.3. The maximum absolute atomic E-state index is 12.6. The Morgan fingerprint density at radius 1 is 1.17 bits per heavy atom. The van der Waals surface area contributed by atoms with Crippen LogP contribution in [0.3, 0.4) is 0 Å². The Bertz CT molecular complexity index is 1090. The zero-order valence-corrected chi connectivity index (χ0v) is 17.8. The summed E-state index contributed by atoms with van der Waals surface area (Å²) in [5, 5.41) is 14.5. The lowest BCUT2D eigenvalue weighted by Gasteiger charge is -2.16. The molecule has 0 unspecified atom stereocenters. The van der Waals surface area contributed by atoms with Gasteiger partial charge in [-0.25, -0.2) is 8.42 Å². The predicted octanol–water partition coefficient (Wildman–Crippen LogP) is 3.70. The number of carbonyl (C=O) groups excluding carboxylic acids is 1. The minimum Gasteiger partial charge on any atom is -0.477 e. The number of halogens is 2. The molecule has 3 rings (SSSR count). The van der Waals surface area contributed by atoms with Crippen molar-refractivity contribution in [2.45, 2.75) is 17.7 Å². The van der Waals surface area contributed by atoms with E-state index in [1.807, 2.05) is 0 Å². The summed E-state index contributed by atoms with van der Waals surface area (Å²) in [6.07, 6.45) is 1.49. The number of nitro benzene ring substituents is 1. The first kappa shape index (κ1) is 22.3. The number of amides is 1. The van der Waals surface area contributed by atoms with E-state index in [0.717, 1.165) is 18.9 Å². The monoisotopic (exact) mass is 473 g/mol. The predicted molar refractivity (Wildman–Crippen MR) is 112 cm³/mol. The van der Waals surface area contributed by atoms with Crippen molar-refractivity contribution in [2.24, 2.45) is 0 Å². The highest BCUT2D eigenvalue weighted by molar-refractivity contribution is 7.89. The lowest BCUT2D eigenvalue weighted by molar-refractivity contribution is -0.386. The van der Waals surface area contributed by atoms with Gasteiger partial charge in [0.1, 0.15) is 0 Å². The molecule has 0 spiro atoms. The molecule has 0 radical (unpaired) electrons. The molecule has 1 amide bonds. The van der Waals surface area contributed by atoms with Crippen LogP contribution in [-0.4, -0.2) is 43.2 Å². The summed E-state index contributed by atoms with van der Waals surface area (Å²) in [5.41, 5.74) is -0.246. The maximum Gasteiger partial charge on any atom is 0.312 e. The summed E-state index contributed by atoms with van der Waals surface area (Å²) >= 11 is 11.8. The molecule has 2 aromatic carbocycles. The van der Waals surface area contributed by atoms with Gasteiger partial charge in [-0.1, -0.05) is 23.2 Å². The molecule has 12 heteroatoms. The summed E-state index contributed by atoms with van der Waals surface area (Å²) in [6.45, 7) is 0.210. The molecule has 1 aliphatic heterocycles. The number of sulfonamides is 1. The molecule has 0 aliphatic carbocycles. The Balaban J connectivity index is 1.74. The number of rotatable bonds is 7. The number of nitro groups is 1. The van der Waals surface area contributed by atoms with Crippen LogP contribution in [0.25, 0.3) is 0 Å². The molecule has 0 aromatic heterocycles. The Kier molecular flexibility index (Phi) is 6.81. The van der Waals surface area contributed by atoms with E-state index in [-0.39, 0.29) is 15.7 Å². The van der Waals surface area contributed by atoms with Gasteiger partial charge < -0.3 is 10.1 Å². The Hall–Kier alpha value is -2.40. The SMILES string of the molecule is O=C(COc1ccc(S(=O)(=O)N2CCCC2)cc1[N+](=O)[O-])Nc1ccc(Cl)cc1Cl. The first-order valence-electron chi connectivity index (χ1n) is 8.85. The number of hydrogen-bond donors (Lipinski definition) is 1. The number of carbonyl (C=O) groups is 1. The van der Waals surface area contributed by atoms with Crippen molar-refractivity contribution in [1.29, 1.82) is 0 Å². The Labute approximate surface area is 182 Å². The van der Waals surface area contributed by atoms with Crippen molar-refractivity contribution >= 4 is 50.5 Å². The fourth-order valence-corrected chi connectivity index (χ4v) is 4.91. The third-order valence-electron chi connectivity index (χ3n) is 4.39. The van der Waals surface area contributed by atoms with Crippen LogP contribution in [0.4, 0.5) is 11.4 Å². The summed E-state index contributed by atoms with van der Waals surface area (Å²) < 4.78 is 31.8. The van der Waals surface area contributed by atoms with E-state index in [2.05, 4.69) is 5.32 Å². The molecule has 1 fully saturated rings. The van der Waals surface area contributed by atoms with Crippen molar-refractivity contribution in [3.05, 3.63) is 56.6 Å². The van der Waals surface area contributed by atoms with Crippen LogP contribution in [-0.2, 0) is 14.8 Å². The Morgan fingerprint density at radius 3 is 2.50 bits per heavy atom. The number of nitrogens with one attached hydrogen (secondary N) is 1. The van der Waals surface area contributed by atoms with Crippen LogP contribution in [0.1, 0.15) is 12.8 Å². The molecular weight excluding hydrogens is 457 g/mol. The molecule has 0 atom stereocenters. The van der Waals surface area contributed by atoms with Crippen LogP contribution in [0, 0.1) is 10.1 Å². The van der Waals surface area contributed by atoms with Gasteiger partial charge in [0.05, 0.1) is 20.5 Å². The average Bonchev–Trinajstić information content (AvgIpc) is 3.24. The lowest BCUT2D eigenvalue weighted by Crippen LogP contribution is -2.28. The van der Waals surface area contributed by atoms with Crippen LogP contribution >= 0.6 is 23.2 Å². The topological polar surface area (TPSA) is 119 Å². The Morgan fingerprint density at radius 2 is 1.87 bits per heavy atom. The van der Waals surface area contributed by atoms with Gasteiger partial charge in [0.2, 0.25) is 10.0 Å². The molecule has 1 heterocycles. The molecule has 0 saturated carbocycles. The van der Waals surface area contributed by atoms with E-state index >= 15 is 0 Å². The van der Waals surface area contributed by atoms with Gasteiger partial charge in [0, 0.05) is 24.2 Å². The van der Waals surface area contributed by atoms with E-state index in [1.54, 1.807) is 0 Å². The zero-order chi connectivity index (χ0) is 21.9. The molecular formula is C18H17Cl2N3O6S. The van der Waals surface area contributed by atoms with Crippen LogP contribution in [0.15, 0.2) is 41.3 Å². The van der Waals surface area contributed by atoms with Crippen LogP contribution in [0.2, 0.25) is 10.0 Å². The summed E-state index contributed by atoms with van der Waals surface area (Å²) in [4.78, 5) is 22.6. The highest BCUT2D eigenvalue weighted by Crippen LogP contribution is 2.32. The second kappa shape index (κ2) is 9.17. The first-order chi connectivity index (χ1) is 14.2. The fraction of sp³-hybridized carbons (Fsp3) is 0.278. The van der Waals surface area contributed by atoms with Gasteiger partial charge >= 0.3 is 5.69 Å². The zero-order valence-electron chi connectivity index (χ0n) is 15.5. The van der Waals surface area contributed by atoms with Crippen LogP contribution in [0.5, 0.6) is 5.75 Å². The molecule has 1 N–H and O–H groups in total. The molecule has 9 nitrogen and oxygen atoms in total. The molecule has 160 valence electrons. The fourth-order valence-electron chi connectivity index (χ4n) is 2.92. The van der Waals surface area contributed by atoms with Crippen molar-refractivity contribution in [3.8, 4) is 5.75 Å². The number of benzene rings is 2. The number of hydrogen-bond acceptors (Lipinski definition) is 6. The largest absolute Gasteiger partial charge is 0.477 e.